The Morgan fingerprint density at radius 3 is 1.34 bits per heavy atom. The van der Waals surface area contributed by atoms with Crippen molar-refractivity contribution in [2.75, 3.05) is 47.5 Å². The van der Waals surface area contributed by atoms with Crippen molar-refractivity contribution in [2.24, 2.45) is 0 Å². The van der Waals surface area contributed by atoms with Crippen LogP contribution in [0, 0.1) is 0 Å². The highest BCUT2D eigenvalue weighted by Crippen LogP contribution is 2.12. The quantitative estimate of drug-likeness (QED) is 0.0196. The molecule has 2 atom stereocenters. The Hall–Kier alpha value is -4.05. The van der Waals surface area contributed by atoms with Gasteiger partial charge in [-0.2, -0.15) is 0 Å². The van der Waals surface area contributed by atoms with Crippen LogP contribution < -0.4 is 5.11 Å². The average molecular weight is 892 g/mol. The molecule has 0 N–H and O–H groups in total. The van der Waals surface area contributed by atoms with Crippen LogP contribution in [0.1, 0.15) is 162 Å². The zero-order valence-corrected chi connectivity index (χ0v) is 40.9. The van der Waals surface area contributed by atoms with Gasteiger partial charge in [-0.3, -0.25) is 9.59 Å². The van der Waals surface area contributed by atoms with Gasteiger partial charge in [0.1, 0.15) is 13.2 Å². The number of likely N-dealkylation sites (N-methyl/N-ethyl adjacent to an activating group) is 1. The summed E-state index contributed by atoms with van der Waals surface area (Å²) in [6, 6.07) is 0. The van der Waals surface area contributed by atoms with Gasteiger partial charge >= 0.3 is 11.9 Å². The Kier molecular flexibility index (Phi) is 42.6. The van der Waals surface area contributed by atoms with Crippen molar-refractivity contribution < 1.29 is 42.9 Å². The highest BCUT2D eigenvalue weighted by Gasteiger charge is 2.21. The predicted octanol–water partition coefficient (Wildman–Crippen LogP) is 12.3. The van der Waals surface area contributed by atoms with Crippen LogP contribution in [-0.2, 0) is 33.3 Å². The second-order valence-electron chi connectivity index (χ2n) is 17.0. The van der Waals surface area contributed by atoms with E-state index in [1.807, 2.05) is 21.1 Å². The number of carbonyl (C=O) groups is 3. The maximum atomic E-state index is 12.8. The molecule has 0 aromatic carbocycles. The van der Waals surface area contributed by atoms with E-state index in [4.69, 9.17) is 18.9 Å². The van der Waals surface area contributed by atoms with E-state index in [1.54, 1.807) is 0 Å². The average Bonchev–Trinajstić information content (AvgIpc) is 3.26. The number of unbranched alkanes of at least 4 members (excludes halogenated alkanes) is 10. The van der Waals surface area contributed by atoms with Crippen LogP contribution in [0.5, 0.6) is 0 Å². The van der Waals surface area contributed by atoms with Gasteiger partial charge < -0.3 is 33.3 Å². The number of hydrogen-bond donors (Lipinski definition) is 0. The summed E-state index contributed by atoms with van der Waals surface area (Å²) in [5, 5.41) is 11.7. The normalized spacial score (nSPS) is 13.8. The van der Waals surface area contributed by atoms with Gasteiger partial charge in [0.2, 0.25) is 0 Å². The third-order valence-corrected chi connectivity index (χ3v) is 9.74. The molecule has 64 heavy (non-hydrogen) atoms. The lowest BCUT2D eigenvalue weighted by Crippen LogP contribution is -2.44. The van der Waals surface area contributed by atoms with Gasteiger partial charge in [0.05, 0.1) is 40.3 Å². The van der Waals surface area contributed by atoms with Crippen molar-refractivity contribution >= 4 is 17.9 Å². The standard InChI is InChI=1S/C55H89NO8/c1-6-8-10-12-14-16-18-19-20-21-22-23-24-25-26-27-28-29-30-31-32-33-34-35-36-38-40-42-44-46-53(58)64-51(50-63-55(54(59)60)61-48-47-56(3,4)5)49-62-52(57)45-43-41-39-37-17-15-13-11-9-7-2/h8,10-11,13-14,16,19-20,22-23,25-26,28-29,31-32,34-35,51,55H,6-7,9,12,15,17-18,21,24,27,30,33,36-50H2,1-5H3/b10-8-,13-11-,16-14-,20-19-,23-22-,26-25-,29-28-,32-31-,35-34-. The second kappa shape index (κ2) is 45.5. The number of carboxylic acid groups (broad SMARTS) is 1. The second-order valence-corrected chi connectivity index (χ2v) is 17.0. The van der Waals surface area contributed by atoms with E-state index in [9.17, 15) is 19.5 Å². The van der Waals surface area contributed by atoms with Crippen molar-refractivity contribution in [1.29, 1.82) is 0 Å². The van der Waals surface area contributed by atoms with E-state index in [-0.39, 0.29) is 38.6 Å². The number of rotatable bonds is 43. The Morgan fingerprint density at radius 1 is 0.484 bits per heavy atom. The molecule has 0 saturated heterocycles. The van der Waals surface area contributed by atoms with Crippen molar-refractivity contribution in [2.45, 2.75) is 174 Å². The first-order chi connectivity index (χ1) is 31.1. The van der Waals surface area contributed by atoms with E-state index < -0.39 is 24.3 Å². The molecule has 0 saturated carbocycles. The Balaban J connectivity index is 4.37. The minimum absolute atomic E-state index is 0.135. The zero-order valence-electron chi connectivity index (χ0n) is 40.9. The first kappa shape index (κ1) is 60.0. The van der Waals surface area contributed by atoms with E-state index in [1.165, 1.54) is 6.42 Å². The number of esters is 2. The van der Waals surface area contributed by atoms with Crippen LogP contribution in [-0.4, -0.2) is 82.3 Å². The van der Waals surface area contributed by atoms with Crippen molar-refractivity contribution in [3.05, 3.63) is 109 Å². The summed E-state index contributed by atoms with van der Waals surface area (Å²) >= 11 is 0. The molecule has 0 aromatic rings. The van der Waals surface area contributed by atoms with Crippen molar-refractivity contribution in [3.8, 4) is 0 Å². The maximum Gasteiger partial charge on any atom is 0.306 e. The van der Waals surface area contributed by atoms with Crippen LogP contribution in [0.3, 0.4) is 0 Å². The molecular weight excluding hydrogens is 803 g/mol. The number of ether oxygens (including phenoxy) is 4. The molecule has 0 aliphatic rings. The molecule has 2 unspecified atom stereocenters. The van der Waals surface area contributed by atoms with Gasteiger partial charge in [0, 0.05) is 12.8 Å². The Bertz CT molecular complexity index is 1410. The van der Waals surface area contributed by atoms with E-state index >= 15 is 0 Å². The molecule has 9 nitrogen and oxygen atoms in total. The summed E-state index contributed by atoms with van der Waals surface area (Å²) in [6.45, 7) is 4.48. The predicted molar refractivity (Wildman–Crippen MR) is 264 cm³/mol. The van der Waals surface area contributed by atoms with E-state index in [2.05, 4.69) is 123 Å². The number of carbonyl (C=O) groups excluding carboxylic acids is 3. The molecular formula is C55H89NO8. The molecule has 0 bridgehead atoms. The van der Waals surface area contributed by atoms with Gasteiger partial charge in [-0.25, -0.2) is 0 Å². The number of aliphatic carboxylic acids is 1. The van der Waals surface area contributed by atoms with Gasteiger partial charge in [0.25, 0.3) is 0 Å². The lowest BCUT2D eigenvalue weighted by atomic mass is 10.1. The maximum absolute atomic E-state index is 12.8. The Labute approximate surface area is 390 Å². The number of nitrogens with zero attached hydrogens (tertiary/aromatic N) is 1. The van der Waals surface area contributed by atoms with E-state index in [0.717, 1.165) is 122 Å². The van der Waals surface area contributed by atoms with Crippen LogP contribution in [0.25, 0.3) is 0 Å². The molecule has 0 spiro atoms. The van der Waals surface area contributed by atoms with Crippen LogP contribution in [0.4, 0.5) is 0 Å². The summed E-state index contributed by atoms with van der Waals surface area (Å²) < 4.78 is 22.5. The summed E-state index contributed by atoms with van der Waals surface area (Å²) in [4.78, 5) is 37.0. The molecule has 0 rings (SSSR count). The lowest BCUT2D eigenvalue weighted by Gasteiger charge is -2.26. The summed E-state index contributed by atoms with van der Waals surface area (Å²) in [5.41, 5.74) is 0. The van der Waals surface area contributed by atoms with Crippen molar-refractivity contribution in [3.63, 3.8) is 0 Å². The minimum atomic E-state index is -1.64. The van der Waals surface area contributed by atoms with Crippen LogP contribution >= 0.6 is 0 Å². The third kappa shape index (κ3) is 46.0. The fourth-order valence-corrected chi connectivity index (χ4v) is 5.96. The topological polar surface area (TPSA) is 111 Å². The first-order valence-electron chi connectivity index (χ1n) is 24.5. The summed E-state index contributed by atoms with van der Waals surface area (Å²) in [5.74, 6) is -2.35. The molecule has 0 amide bonds. The monoisotopic (exact) mass is 892 g/mol. The highest BCUT2D eigenvalue weighted by atomic mass is 16.7. The largest absolute Gasteiger partial charge is 0.545 e. The Morgan fingerprint density at radius 2 is 0.891 bits per heavy atom. The molecule has 0 aliphatic carbocycles. The van der Waals surface area contributed by atoms with Gasteiger partial charge in [-0.15, -0.1) is 0 Å². The highest BCUT2D eigenvalue weighted by molar-refractivity contribution is 5.70. The van der Waals surface area contributed by atoms with Crippen LogP contribution in [0.2, 0.25) is 0 Å². The molecule has 362 valence electrons. The fourth-order valence-electron chi connectivity index (χ4n) is 5.96. The zero-order chi connectivity index (χ0) is 47.0. The number of carboxylic acids is 1. The summed E-state index contributed by atoms with van der Waals surface area (Å²) in [7, 11) is 5.88. The third-order valence-electron chi connectivity index (χ3n) is 9.74. The molecule has 0 aromatic heterocycles. The number of hydrogen-bond acceptors (Lipinski definition) is 8. The van der Waals surface area contributed by atoms with Gasteiger partial charge in [-0.1, -0.05) is 162 Å². The van der Waals surface area contributed by atoms with Crippen LogP contribution in [0.15, 0.2) is 109 Å². The smallest absolute Gasteiger partial charge is 0.306 e. The van der Waals surface area contributed by atoms with Crippen molar-refractivity contribution in [1.82, 2.24) is 0 Å². The SMILES string of the molecule is CC/C=C\C/C=C\C/C=C\C/C=C\C/C=C\C/C=C\C/C=C\C/C=C\CCCCCCC(=O)OC(COC(=O)CCCCCCC/C=C\CCC)COC(OCC[N+](C)(C)C)C(=O)[O-]. The molecule has 0 radical (unpaired) electrons. The summed E-state index contributed by atoms with van der Waals surface area (Å²) in [6.07, 6.45) is 58.5. The van der Waals surface area contributed by atoms with Gasteiger partial charge in [0.15, 0.2) is 12.4 Å². The molecule has 0 heterocycles. The first-order valence-corrected chi connectivity index (χ1v) is 24.5. The minimum Gasteiger partial charge on any atom is -0.545 e. The van der Waals surface area contributed by atoms with E-state index in [0.29, 0.717) is 17.4 Å². The fraction of sp³-hybridized carbons (Fsp3) is 0.618. The van der Waals surface area contributed by atoms with Gasteiger partial charge in [-0.05, 0) is 96.3 Å². The molecule has 0 fully saturated rings. The molecule has 9 heteroatoms. The lowest BCUT2D eigenvalue weighted by molar-refractivity contribution is -0.870. The number of quaternary nitrogens is 1. The number of allylic oxidation sites excluding steroid dienone is 18. The molecule has 0 aliphatic heterocycles.